The van der Waals surface area contributed by atoms with Gasteiger partial charge in [0.15, 0.2) is 6.73 Å². The predicted molar refractivity (Wildman–Crippen MR) is 108 cm³/mol. The summed E-state index contributed by atoms with van der Waals surface area (Å²) in [6.45, 7) is 8.84. The molecular formula is C23H34N2O2. The summed E-state index contributed by atoms with van der Waals surface area (Å²) in [5, 5.41) is 6.26. The van der Waals surface area contributed by atoms with E-state index in [4.69, 9.17) is 4.74 Å². The lowest BCUT2D eigenvalue weighted by molar-refractivity contribution is -0.0137. The number of benzene rings is 1. The van der Waals surface area contributed by atoms with Crippen LogP contribution in [0.2, 0.25) is 0 Å². The standard InChI is InChI=1S/C23H34N2O2/c1-15-5-6-20(19(7-15)22(2,3)4)27-14-24-21(26)25-23-11-16-8-17(12-23)10-18(9-16)13-23/h5-7,16-18H,8-14H2,1-4H3,(H2,24,25,26). The number of hydrogen-bond acceptors (Lipinski definition) is 2. The Hall–Kier alpha value is -1.71. The minimum Gasteiger partial charge on any atom is -0.473 e. The molecule has 2 N–H and O–H groups in total. The molecule has 5 rings (SSSR count). The number of carbonyl (C=O) groups excluding carboxylic acids is 1. The van der Waals surface area contributed by atoms with E-state index in [9.17, 15) is 4.79 Å². The summed E-state index contributed by atoms with van der Waals surface area (Å²) in [6, 6.07) is 6.15. The highest BCUT2D eigenvalue weighted by atomic mass is 16.5. The monoisotopic (exact) mass is 370 g/mol. The lowest BCUT2D eigenvalue weighted by Gasteiger charge is -2.56. The van der Waals surface area contributed by atoms with Gasteiger partial charge < -0.3 is 15.4 Å². The van der Waals surface area contributed by atoms with E-state index in [2.05, 4.69) is 50.5 Å². The molecule has 0 unspecified atom stereocenters. The van der Waals surface area contributed by atoms with Gasteiger partial charge in [-0.25, -0.2) is 4.79 Å². The maximum absolute atomic E-state index is 12.6. The third-order valence-corrected chi connectivity index (χ3v) is 6.82. The van der Waals surface area contributed by atoms with Gasteiger partial charge >= 0.3 is 6.03 Å². The van der Waals surface area contributed by atoms with Crippen molar-refractivity contribution in [2.24, 2.45) is 17.8 Å². The van der Waals surface area contributed by atoms with Crippen LogP contribution >= 0.6 is 0 Å². The van der Waals surface area contributed by atoms with Crippen molar-refractivity contribution in [2.45, 2.75) is 77.2 Å². The third-order valence-electron chi connectivity index (χ3n) is 6.82. The first-order chi connectivity index (χ1) is 12.7. The lowest BCUT2D eigenvalue weighted by Crippen LogP contribution is -2.61. The number of urea groups is 1. The van der Waals surface area contributed by atoms with Crippen molar-refractivity contribution in [3.05, 3.63) is 29.3 Å². The van der Waals surface area contributed by atoms with Gasteiger partial charge in [-0.15, -0.1) is 0 Å². The average molecular weight is 371 g/mol. The van der Waals surface area contributed by atoms with Gasteiger partial charge in [0.25, 0.3) is 0 Å². The largest absolute Gasteiger partial charge is 0.473 e. The van der Waals surface area contributed by atoms with Gasteiger partial charge in [0.1, 0.15) is 5.75 Å². The van der Waals surface area contributed by atoms with E-state index >= 15 is 0 Å². The highest BCUT2D eigenvalue weighted by molar-refractivity contribution is 5.74. The molecular weight excluding hydrogens is 336 g/mol. The third kappa shape index (κ3) is 3.95. The molecule has 148 valence electrons. The van der Waals surface area contributed by atoms with Crippen LogP contribution in [0, 0.1) is 24.7 Å². The summed E-state index contributed by atoms with van der Waals surface area (Å²) >= 11 is 0. The van der Waals surface area contributed by atoms with Crippen molar-refractivity contribution in [3.8, 4) is 5.75 Å². The van der Waals surface area contributed by atoms with Crippen LogP contribution < -0.4 is 15.4 Å². The zero-order valence-corrected chi connectivity index (χ0v) is 17.2. The van der Waals surface area contributed by atoms with Crippen molar-refractivity contribution in [1.82, 2.24) is 10.6 Å². The maximum Gasteiger partial charge on any atom is 0.317 e. The first-order valence-electron chi connectivity index (χ1n) is 10.5. The van der Waals surface area contributed by atoms with Crippen molar-refractivity contribution < 1.29 is 9.53 Å². The second kappa shape index (κ2) is 6.72. The van der Waals surface area contributed by atoms with Crippen LogP contribution in [0.3, 0.4) is 0 Å². The van der Waals surface area contributed by atoms with Gasteiger partial charge in [-0.1, -0.05) is 38.5 Å². The first kappa shape index (κ1) is 18.6. The molecule has 4 saturated carbocycles. The van der Waals surface area contributed by atoms with Crippen LogP contribution in [0.4, 0.5) is 4.79 Å². The molecule has 0 atom stereocenters. The van der Waals surface area contributed by atoms with Crippen LogP contribution in [-0.2, 0) is 5.41 Å². The van der Waals surface area contributed by atoms with E-state index in [0.29, 0.717) is 0 Å². The summed E-state index contributed by atoms with van der Waals surface area (Å²) in [5.41, 5.74) is 2.44. The fourth-order valence-electron chi connectivity index (χ4n) is 6.08. The van der Waals surface area contributed by atoms with Crippen molar-refractivity contribution >= 4 is 6.03 Å². The quantitative estimate of drug-likeness (QED) is 0.741. The second-order valence-electron chi connectivity index (χ2n) is 10.4. The second-order valence-corrected chi connectivity index (χ2v) is 10.4. The van der Waals surface area contributed by atoms with Crippen LogP contribution in [0.1, 0.15) is 70.4 Å². The molecule has 4 nitrogen and oxygen atoms in total. The van der Waals surface area contributed by atoms with E-state index in [-0.39, 0.29) is 23.7 Å². The van der Waals surface area contributed by atoms with Crippen molar-refractivity contribution in [3.63, 3.8) is 0 Å². The highest BCUT2D eigenvalue weighted by Gasteiger charge is 2.51. The number of ether oxygens (including phenoxy) is 1. The summed E-state index contributed by atoms with van der Waals surface area (Å²) in [5.74, 6) is 3.34. The van der Waals surface area contributed by atoms with E-state index in [1.165, 1.54) is 49.7 Å². The minimum atomic E-state index is -0.0821. The average Bonchev–Trinajstić information content (AvgIpc) is 2.53. The Morgan fingerprint density at radius 3 is 2.26 bits per heavy atom. The van der Waals surface area contributed by atoms with Gasteiger partial charge in [-0.3, -0.25) is 0 Å². The summed E-state index contributed by atoms with van der Waals surface area (Å²) in [7, 11) is 0. The van der Waals surface area contributed by atoms with Gasteiger partial charge in [0.05, 0.1) is 0 Å². The topological polar surface area (TPSA) is 50.4 Å². The number of nitrogens with one attached hydrogen (secondary N) is 2. The molecule has 0 aromatic heterocycles. The molecule has 4 heteroatoms. The Kier molecular flexibility index (Phi) is 4.64. The zero-order valence-electron chi connectivity index (χ0n) is 17.2. The Morgan fingerprint density at radius 1 is 1.11 bits per heavy atom. The molecule has 4 fully saturated rings. The highest BCUT2D eigenvalue weighted by Crippen LogP contribution is 2.55. The normalized spacial score (nSPS) is 31.6. The van der Waals surface area contributed by atoms with Crippen LogP contribution in [0.5, 0.6) is 5.75 Å². The Bertz CT molecular complexity index is 684. The molecule has 0 heterocycles. The molecule has 1 aromatic rings. The zero-order chi connectivity index (χ0) is 19.2. The molecule has 4 aliphatic carbocycles. The number of aryl methyl sites for hydroxylation is 1. The van der Waals surface area contributed by atoms with Crippen LogP contribution in [0.25, 0.3) is 0 Å². The molecule has 2 amide bonds. The number of hydrogen-bond donors (Lipinski definition) is 2. The molecule has 0 saturated heterocycles. The van der Waals surface area contributed by atoms with E-state index in [0.717, 1.165) is 23.5 Å². The first-order valence-corrected chi connectivity index (χ1v) is 10.5. The number of amides is 2. The predicted octanol–water partition coefficient (Wildman–Crippen LogP) is 4.90. The summed E-state index contributed by atoms with van der Waals surface area (Å²) in [6.07, 6.45) is 7.65. The Labute approximate surface area is 163 Å². The smallest absolute Gasteiger partial charge is 0.317 e. The molecule has 4 bridgehead atoms. The number of carbonyl (C=O) groups is 1. The summed E-state index contributed by atoms with van der Waals surface area (Å²) in [4.78, 5) is 12.6. The van der Waals surface area contributed by atoms with Crippen LogP contribution in [-0.4, -0.2) is 18.3 Å². The maximum atomic E-state index is 12.6. The van der Waals surface area contributed by atoms with Gasteiger partial charge in [-0.05, 0) is 80.2 Å². The molecule has 1 aromatic carbocycles. The molecule has 4 aliphatic rings. The van der Waals surface area contributed by atoms with Gasteiger partial charge in [-0.2, -0.15) is 0 Å². The Morgan fingerprint density at radius 2 is 1.70 bits per heavy atom. The molecule has 27 heavy (non-hydrogen) atoms. The molecule has 0 radical (unpaired) electrons. The molecule has 0 spiro atoms. The van der Waals surface area contributed by atoms with E-state index in [1.54, 1.807) is 0 Å². The number of rotatable bonds is 4. The van der Waals surface area contributed by atoms with Gasteiger partial charge in [0, 0.05) is 5.54 Å². The minimum absolute atomic E-state index is 0.00279. The van der Waals surface area contributed by atoms with Crippen LogP contribution in [0.15, 0.2) is 18.2 Å². The summed E-state index contributed by atoms with van der Waals surface area (Å²) < 4.78 is 5.94. The molecule has 0 aliphatic heterocycles. The van der Waals surface area contributed by atoms with Crippen molar-refractivity contribution in [2.75, 3.05) is 6.73 Å². The SMILES string of the molecule is Cc1ccc(OCNC(=O)NC23CC4CC(CC(C4)C2)C3)c(C(C)(C)C)c1. The van der Waals surface area contributed by atoms with E-state index < -0.39 is 0 Å². The fraction of sp³-hybridized carbons (Fsp3) is 0.696. The van der Waals surface area contributed by atoms with Gasteiger partial charge in [0.2, 0.25) is 0 Å². The van der Waals surface area contributed by atoms with E-state index in [1.807, 2.05) is 6.07 Å². The fourth-order valence-corrected chi connectivity index (χ4v) is 6.08. The lowest BCUT2D eigenvalue weighted by atomic mass is 9.53. The Balaban J connectivity index is 1.33. The van der Waals surface area contributed by atoms with Crippen molar-refractivity contribution in [1.29, 1.82) is 0 Å².